The molecule has 0 radical (unpaired) electrons. The molecule has 2 N–H and O–H groups in total. The van der Waals surface area contributed by atoms with Gasteiger partial charge in [-0.25, -0.2) is 4.99 Å². The molecule has 0 spiro atoms. The molecule has 0 fully saturated rings. The smallest absolute Gasteiger partial charge is 0.212 e. The maximum Gasteiger partial charge on any atom is 0.212 e. The van der Waals surface area contributed by atoms with Crippen LogP contribution in [0.15, 0.2) is 17.0 Å². The van der Waals surface area contributed by atoms with Gasteiger partial charge in [0.1, 0.15) is 0 Å². The Bertz CT molecular complexity index is 194. The lowest BCUT2D eigenvalue weighted by Crippen LogP contribution is -2.35. The summed E-state index contributed by atoms with van der Waals surface area (Å²) in [4.78, 5) is 3.56. The monoisotopic (exact) mass is 178 g/mol. The molecule has 0 aromatic carbocycles. The molecule has 0 saturated heterocycles. The van der Waals surface area contributed by atoms with Gasteiger partial charge in [0.05, 0.1) is 6.34 Å². The number of rotatable bonds is 1. The van der Waals surface area contributed by atoms with E-state index in [-0.39, 0.29) is 5.88 Å². The van der Waals surface area contributed by atoms with Gasteiger partial charge in [0.25, 0.3) is 0 Å². The van der Waals surface area contributed by atoms with Gasteiger partial charge in [0, 0.05) is 6.08 Å². The Labute approximate surface area is 68.2 Å². The molecule has 1 heterocycles. The fourth-order valence-electron chi connectivity index (χ4n) is 0.549. The fourth-order valence-corrected chi connectivity index (χ4v) is 1.09. The summed E-state index contributed by atoms with van der Waals surface area (Å²) in [6.45, 7) is 0. The number of hydrogen-bond donors (Lipinski definition) is 2. The Hall–Kier alpha value is -0.350. The summed E-state index contributed by atoms with van der Waals surface area (Å²) >= 11 is 7.26. The van der Waals surface area contributed by atoms with Crippen LogP contribution < -0.4 is 5.32 Å². The molecule has 0 aromatic rings. The zero-order valence-electron chi connectivity index (χ0n) is 5.34. The van der Waals surface area contributed by atoms with E-state index in [0.29, 0.717) is 0 Å². The molecule has 0 saturated carbocycles. The zero-order chi connectivity index (χ0) is 7.61. The summed E-state index contributed by atoms with van der Waals surface area (Å²) in [5.74, 6) is -0.0527. The number of nitrogens with zero attached hydrogens (tertiary/aromatic N) is 1. The predicted molar refractivity (Wildman–Crippen MR) is 44.4 cm³/mol. The molecule has 0 bridgehead atoms. The highest BCUT2D eigenvalue weighted by Gasteiger charge is 2.24. The highest BCUT2D eigenvalue weighted by Crippen LogP contribution is 2.28. The Morgan fingerprint density at radius 2 is 2.60 bits per heavy atom. The Balaban J connectivity index is 2.76. The third kappa shape index (κ3) is 1.58. The molecule has 1 aliphatic heterocycles. The molecule has 5 heteroatoms. The second-order valence-electron chi connectivity index (χ2n) is 1.75. The second kappa shape index (κ2) is 2.72. The molecule has 1 unspecified atom stereocenters. The Morgan fingerprint density at radius 3 is 3.00 bits per heavy atom. The summed E-state index contributed by atoms with van der Waals surface area (Å²) in [5.41, 5.74) is 0. The van der Waals surface area contributed by atoms with Crippen molar-refractivity contribution in [3.63, 3.8) is 0 Å². The highest BCUT2D eigenvalue weighted by atomic mass is 35.5. The van der Waals surface area contributed by atoms with Crippen molar-refractivity contribution in [2.45, 2.75) is 4.33 Å². The maximum atomic E-state index is 8.90. The van der Waals surface area contributed by atoms with Crippen LogP contribution in [0.1, 0.15) is 0 Å². The van der Waals surface area contributed by atoms with Crippen LogP contribution in [0.4, 0.5) is 0 Å². The quantitative estimate of drug-likeness (QED) is 0.470. The summed E-state index contributed by atoms with van der Waals surface area (Å²) in [7, 11) is 0. The van der Waals surface area contributed by atoms with Crippen LogP contribution in [0.5, 0.6) is 0 Å². The van der Waals surface area contributed by atoms with E-state index in [1.54, 1.807) is 0 Å². The molecule has 56 valence electrons. The van der Waals surface area contributed by atoms with Crippen molar-refractivity contribution < 1.29 is 5.11 Å². The van der Waals surface area contributed by atoms with Crippen molar-refractivity contribution in [2.24, 2.45) is 4.99 Å². The number of thioether (sulfide) groups is 1. The first kappa shape index (κ1) is 7.75. The number of aliphatic hydroxyl groups is 1. The number of alkyl halides is 1. The zero-order valence-corrected chi connectivity index (χ0v) is 6.91. The second-order valence-corrected chi connectivity index (χ2v) is 3.63. The van der Waals surface area contributed by atoms with Gasteiger partial charge in [-0.15, -0.1) is 11.8 Å². The van der Waals surface area contributed by atoms with Crippen molar-refractivity contribution in [3.8, 4) is 0 Å². The van der Waals surface area contributed by atoms with Gasteiger partial charge in [0.15, 0.2) is 4.33 Å². The van der Waals surface area contributed by atoms with Gasteiger partial charge in [-0.2, -0.15) is 0 Å². The molecule has 10 heavy (non-hydrogen) atoms. The summed E-state index contributed by atoms with van der Waals surface area (Å²) < 4.78 is -0.730. The van der Waals surface area contributed by atoms with Crippen molar-refractivity contribution in [3.05, 3.63) is 12.0 Å². The standard InChI is InChI=1S/C5H7ClN2OS/c1-10-5(6)2-4(9)7-3-8-5/h2-3,9H,1H3,(H,7,8). The normalized spacial score (nSPS) is 31.2. The minimum atomic E-state index is -0.730. The lowest BCUT2D eigenvalue weighted by atomic mass is 10.5. The van der Waals surface area contributed by atoms with E-state index >= 15 is 0 Å². The van der Waals surface area contributed by atoms with Crippen molar-refractivity contribution >= 4 is 29.7 Å². The topological polar surface area (TPSA) is 44.6 Å². The predicted octanol–water partition coefficient (Wildman–Crippen LogP) is 1.27. The van der Waals surface area contributed by atoms with E-state index in [1.165, 1.54) is 24.2 Å². The number of aliphatic hydroxyl groups excluding tert-OH is 1. The number of halogens is 1. The van der Waals surface area contributed by atoms with Gasteiger partial charge in [-0.3, -0.25) is 0 Å². The van der Waals surface area contributed by atoms with Gasteiger partial charge in [-0.1, -0.05) is 11.6 Å². The lowest BCUT2D eigenvalue weighted by molar-refractivity contribution is 0.400. The van der Waals surface area contributed by atoms with E-state index in [2.05, 4.69) is 10.3 Å². The highest BCUT2D eigenvalue weighted by molar-refractivity contribution is 8.01. The van der Waals surface area contributed by atoms with Crippen LogP contribution in [0, 0.1) is 0 Å². The van der Waals surface area contributed by atoms with Gasteiger partial charge < -0.3 is 10.4 Å². The maximum absolute atomic E-state index is 8.90. The van der Waals surface area contributed by atoms with Crippen LogP contribution in [0.25, 0.3) is 0 Å². The van der Waals surface area contributed by atoms with Gasteiger partial charge in [-0.05, 0) is 6.26 Å². The van der Waals surface area contributed by atoms with Gasteiger partial charge in [0.2, 0.25) is 5.88 Å². The third-order valence-electron chi connectivity index (χ3n) is 1.07. The van der Waals surface area contributed by atoms with E-state index in [1.807, 2.05) is 6.26 Å². The van der Waals surface area contributed by atoms with Crippen molar-refractivity contribution in [1.29, 1.82) is 0 Å². The minimum absolute atomic E-state index is 0.0527. The van der Waals surface area contributed by atoms with Crippen molar-refractivity contribution in [2.75, 3.05) is 6.26 Å². The third-order valence-corrected chi connectivity index (χ3v) is 2.58. The SMILES string of the molecule is CSC1(Cl)C=C(O)N=CN1. The molecule has 0 amide bonds. The number of aliphatic imine (C=N–C) groups is 1. The van der Waals surface area contributed by atoms with E-state index in [0.717, 1.165) is 0 Å². The summed E-state index contributed by atoms with van der Waals surface area (Å²) in [5, 5.41) is 11.7. The molecule has 1 rings (SSSR count). The first-order chi connectivity index (χ1) is 4.66. The molecular weight excluding hydrogens is 172 g/mol. The molecule has 0 aliphatic carbocycles. The summed E-state index contributed by atoms with van der Waals surface area (Å²) in [6, 6.07) is 0. The number of nitrogens with one attached hydrogen (secondary N) is 1. The largest absolute Gasteiger partial charge is 0.493 e. The van der Waals surface area contributed by atoms with Gasteiger partial charge >= 0.3 is 0 Å². The lowest BCUT2D eigenvalue weighted by Gasteiger charge is -2.22. The molecule has 1 aliphatic rings. The number of hydrogen-bond acceptors (Lipinski definition) is 4. The average molecular weight is 179 g/mol. The van der Waals surface area contributed by atoms with E-state index in [4.69, 9.17) is 16.7 Å². The summed E-state index contributed by atoms with van der Waals surface area (Å²) in [6.07, 6.45) is 4.65. The Kier molecular flexibility index (Phi) is 2.11. The van der Waals surface area contributed by atoms with E-state index in [9.17, 15) is 0 Å². The van der Waals surface area contributed by atoms with E-state index < -0.39 is 4.33 Å². The average Bonchev–Trinajstić information content (AvgIpc) is 1.88. The molecular formula is C5H7ClN2OS. The minimum Gasteiger partial charge on any atom is -0.493 e. The first-order valence-electron chi connectivity index (χ1n) is 2.62. The van der Waals surface area contributed by atoms with Crippen LogP contribution in [-0.2, 0) is 0 Å². The molecule has 0 aromatic heterocycles. The van der Waals surface area contributed by atoms with Crippen LogP contribution in [-0.4, -0.2) is 22.0 Å². The van der Waals surface area contributed by atoms with Crippen molar-refractivity contribution in [1.82, 2.24) is 5.32 Å². The van der Waals surface area contributed by atoms with Crippen LogP contribution in [0.2, 0.25) is 0 Å². The van der Waals surface area contributed by atoms with Crippen LogP contribution >= 0.6 is 23.4 Å². The van der Waals surface area contributed by atoms with Crippen LogP contribution in [0.3, 0.4) is 0 Å². The fraction of sp³-hybridized carbons (Fsp3) is 0.400. The Morgan fingerprint density at radius 1 is 1.90 bits per heavy atom. The first-order valence-corrected chi connectivity index (χ1v) is 4.23. The molecule has 1 atom stereocenters. The molecule has 3 nitrogen and oxygen atoms in total.